The average molecular weight is 172 g/mol. The summed E-state index contributed by atoms with van der Waals surface area (Å²) < 4.78 is 9.50. The first-order valence-electron chi connectivity index (χ1n) is 3.55. The van der Waals surface area contributed by atoms with Crippen molar-refractivity contribution in [2.24, 2.45) is 0 Å². The minimum atomic E-state index is -1.46. The molecule has 62 valence electrons. The van der Waals surface area contributed by atoms with Crippen molar-refractivity contribution in [2.75, 3.05) is 6.61 Å². The molecule has 0 atom stereocenters. The predicted octanol–water partition coefficient (Wildman–Crippen LogP) is 1.91. The van der Waals surface area contributed by atoms with Crippen LogP contribution in [0.3, 0.4) is 0 Å². The Morgan fingerprint density at radius 2 is 2.09 bits per heavy atom. The molecule has 0 aliphatic carbocycles. The van der Waals surface area contributed by atoms with Crippen LogP contribution >= 0.6 is 0 Å². The zero-order chi connectivity index (χ0) is 8.48. The molecule has 3 nitrogen and oxygen atoms in total. The second-order valence-corrected chi connectivity index (χ2v) is 8.47. The minimum absolute atomic E-state index is 0.360. The van der Waals surface area contributed by atoms with Gasteiger partial charge in [0.1, 0.15) is 14.7 Å². The molecule has 0 amide bonds. The second-order valence-electron chi connectivity index (χ2n) is 3.48. The van der Waals surface area contributed by atoms with Crippen LogP contribution in [0.15, 0.2) is 11.5 Å². The molecule has 1 aliphatic rings. The number of rotatable bonds is 1. The van der Waals surface area contributed by atoms with Crippen LogP contribution in [0, 0.1) is 0 Å². The van der Waals surface area contributed by atoms with Crippen molar-refractivity contribution in [3.8, 4) is 0 Å². The van der Waals surface area contributed by atoms with Gasteiger partial charge in [-0.05, 0) is 6.08 Å². The van der Waals surface area contributed by atoms with E-state index in [1.165, 1.54) is 0 Å². The monoisotopic (exact) mass is 172 g/mol. The molecule has 1 rings (SSSR count). The third kappa shape index (κ3) is 2.08. The van der Waals surface area contributed by atoms with Gasteiger partial charge in [0.25, 0.3) is 0 Å². The summed E-state index contributed by atoms with van der Waals surface area (Å²) in [5, 5.41) is 0.828. The first-order chi connectivity index (χ1) is 5.00. The Morgan fingerprint density at radius 3 is 2.45 bits per heavy atom. The Bertz CT molecular complexity index is 202. The Kier molecular flexibility index (Phi) is 2.04. The molecule has 1 aliphatic heterocycles. The van der Waals surface area contributed by atoms with Gasteiger partial charge in [-0.2, -0.15) is 0 Å². The van der Waals surface area contributed by atoms with Gasteiger partial charge in [-0.1, -0.05) is 19.6 Å². The van der Waals surface area contributed by atoms with Crippen molar-refractivity contribution in [3.05, 3.63) is 11.5 Å². The summed E-state index contributed by atoms with van der Waals surface area (Å²) in [6.45, 7) is 6.73. The molecular weight excluding hydrogens is 160 g/mol. The summed E-state index contributed by atoms with van der Waals surface area (Å²) in [5.74, 6) is 0. The normalized spacial score (nSPS) is 18.5. The average Bonchev–Trinajstić information content (AvgIpc) is 1.86. The van der Waals surface area contributed by atoms with Crippen LogP contribution in [0.25, 0.3) is 0 Å². The standard InChI is InChI=1S/C7H12O3Si/c1-11(2,3)6-4-5-9-7(8)10-6/h4H,5H2,1-3H3. The zero-order valence-electron chi connectivity index (χ0n) is 7.01. The molecule has 0 bridgehead atoms. The van der Waals surface area contributed by atoms with E-state index >= 15 is 0 Å². The van der Waals surface area contributed by atoms with Crippen molar-refractivity contribution in [1.82, 2.24) is 0 Å². The predicted molar refractivity (Wildman–Crippen MR) is 43.9 cm³/mol. The van der Waals surface area contributed by atoms with Gasteiger partial charge in [-0.25, -0.2) is 4.79 Å². The van der Waals surface area contributed by atoms with E-state index in [0.717, 1.165) is 5.38 Å². The maximum atomic E-state index is 10.7. The smallest absolute Gasteiger partial charge is 0.430 e. The van der Waals surface area contributed by atoms with Crippen LogP contribution in [-0.4, -0.2) is 20.8 Å². The third-order valence-electron chi connectivity index (χ3n) is 1.40. The highest BCUT2D eigenvalue weighted by molar-refractivity contribution is 6.82. The van der Waals surface area contributed by atoms with Crippen LogP contribution in [0.2, 0.25) is 19.6 Å². The fraction of sp³-hybridized carbons (Fsp3) is 0.571. The second kappa shape index (κ2) is 2.69. The Labute approximate surface area is 67.0 Å². The van der Waals surface area contributed by atoms with Crippen LogP contribution in [0.4, 0.5) is 4.79 Å². The third-order valence-corrected chi connectivity index (χ3v) is 3.19. The minimum Gasteiger partial charge on any atom is -0.430 e. The maximum absolute atomic E-state index is 10.7. The molecule has 0 saturated heterocycles. The molecular formula is C7H12O3Si. The van der Waals surface area contributed by atoms with Crippen molar-refractivity contribution >= 4 is 14.2 Å². The number of carbonyl (C=O) groups excluding carboxylic acids is 1. The van der Waals surface area contributed by atoms with Gasteiger partial charge in [0.15, 0.2) is 0 Å². The number of carbonyl (C=O) groups is 1. The quantitative estimate of drug-likeness (QED) is 0.447. The number of ether oxygens (including phenoxy) is 2. The van der Waals surface area contributed by atoms with Crippen molar-refractivity contribution < 1.29 is 14.3 Å². The van der Waals surface area contributed by atoms with Gasteiger partial charge in [-0.3, -0.25) is 0 Å². The lowest BCUT2D eigenvalue weighted by Crippen LogP contribution is -2.30. The largest absolute Gasteiger partial charge is 0.513 e. The number of hydrogen-bond donors (Lipinski definition) is 0. The maximum Gasteiger partial charge on any atom is 0.513 e. The zero-order valence-corrected chi connectivity index (χ0v) is 8.01. The van der Waals surface area contributed by atoms with Crippen LogP contribution in [-0.2, 0) is 9.47 Å². The molecule has 4 heteroatoms. The van der Waals surface area contributed by atoms with Gasteiger partial charge >= 0.3 is 6.16 Å². The molecule has 0 unspecified atom stereocenters. The van der Waals surface area contributed by atoms with E-state index in [2.05, 4.69) is 24.4 Å². The highest BCUT2D eigenvalue weighted by Crippen LogP contribution is 2.18. The van der Waals surface area contributed by atoms with Crippen molar-refractivity contribution in [3.63, 3.8) is 0 Å². The van der Waals surface area contributed by atoms with E-state index in [-0.39, 0.29) is 0 Å². The van der Waals surface area contributed by atoms with Gasteiger partial charge in [0.05, 0.1) is 5.38 Å². The molecule has 0 saturated carbocycles. The van der Waals surface area contributed by atoms with E-state index in [9.17, 15) is 4.79 Å². The Hall–Kier alpha value is -0.773. The van der Waals surface area contributed by atoms with Crippen LogP contribution < -0.4 is 0 Å². The molecule has 0 spiro atoms. The fourth-order valence-electron chi connectivity index (χ4n) is 0.806. The number of cyclic esters (lactones) is 2. The van der Waals surface area contributed by atoms with Gasteiger partial charge in [0.2, 0.25) is 0 Å². The molecule has 0 aromatic carbocycles. The summed E-state index contributed by atoms with van der Waals surface area (Å²) in [6.07, 6.45) is 1.28. The highest BCUT2D eigenvalue weighted by Gasteiger charge is 2.26. The van der Waals surface area contributed by atoms with Gasteiger partial charge < -0.3 is 9.47 Å². The molecule has 0 aromatic rings. The van der Waals surface area contributed by atoms with E-state index < -0.39 is 14.2 Å². The lowest BCUT2D eigenvalue weighted by atomic mass is 10.6. The summed E-state index contributed by atoms with van der Waals surface area (Å²) in [6, 6.07) is 0. The topological polar surface area (TPSA) is 35.5 Å². The first kappa shape index (κ1) is 8.32. The lowest BCUT2D eigenvalue weighted by Gasteiger charge is -2.22. The van der Waals surface area contributed by atoms with Crippen LogP contribution in [0.5, 0.6) is 0 Å². The van der Waals surface area contributed by atoms with E-state index in [4.69, 9.17) is 4.74 Å². The molecule has 1 heterocycles. The van der Waals surface area contributed by atoms with Crippen molar-refractivity contribution in [2.45, 2.75) is 19.6 Å². The first-order valence-corrected chi connectivity index (χ1v) is 7.05. The van der Waals surface area contributed by atoms with Crippen LogP contribution in [0.1, 0.15) is 0 Å². The molecule has 0 fully saturated rings. The van der Waals surface area contributed by atoms with Gasteiger partial charge in [-0.15, -0.1) is 0 Å². The lowest BCUT2D eigenvalue weighted by molar-refractivity contribution is 0.0786. The summed E-state index contributed by atoms with van der Waals surface area (Å²) in [7, 11) is -1.46. The molecule has 11 heavy (non-hydrogen) atoms. The van der Waals surface area contributed by atoms with E-state index in [1.807, 2.05) is 6.08 Å². The Balaban J connectivity index is 2.73. The molecule has 0 N–H and O–H groups in total. The van der Waals surface area contributed by atoms with E-state index in [1.54, 1.807) is 0 Å². The summed E-state index contributed by atoms with van der Waals surface area (Å²) >= 11 is 0. The summed E-state index contributed by atoms with van der Waals surface area (Å²) in [5.41, 5.74) is 0. The molecule has 0 aromatic heterocycles. The molecule has 0 radical (unpaired) electrons. The van der Waals surface area contributed by atoms with E-state index in [0.29, 0.717) is 6.61 Å². The van der Waals surface area contributed by atoms with Crippen molar-refractivity contribution in [1.29, 1.82) is 0 Å². The van der Waals surface area contributed by atoms with Gasteiger partial charge in [0, 0.05) is 0 Å². The number of hydrogen-bond acceptors (Lipinski definition) is 3. The fourth-order valence-corrected chi connectivity index (χ4v) is 1.89. The highest BCUT2D eigenvalue weighted by atomic mass is 28.3. The Morgan fingerprint density at radius 1 is 1.45 bits per heavy atom. The SMILES string of the molecule is C[Si](C)(C)C1=CCOC(=O)O1. The summed E-state index contributed by atoms with van der Waals surface area (Å²) in [4.78, 5) is 10.7.